The first-order valence-corrected chi connectivity index (χ1v) is 4.35. The first kappa shape index (κ1) is 10.9. The van der Waals surface area contributed by atoms with Crippen LogP contribution in [-0.2, 0) is 0 Å². The summed E-state index contributed by atoms with van der Waals surface area (Å²) >= 11 is 0. The molecular weight excluding hydrogens is 138 g/mol. The normalized spacial score (nSPS) is 36.0. The summed E-state index contributed by atoms with van der Waals surface area (Å²) in [6.07, 6.45) is 2.84. The van der Waals surface area contributed by atoms with Gasteiger partial charge in [-0.3, -0.25) is 0 Å². The summed E-state index contributed by atoms with van der Waals surface area (Å²) < 4.78 is 1.22. The Balaban J connectivity index is 0.000001000. The molecule has 1 aliphatic rings. The van der Waals surface area contributed by atoms with E-state index in [4.69, 9.17) is 0 Å². The molecule has 1 rings (SSSR count). The van der Waals surface area contributed by atoms with Crippen LogP contribution < -0.4 is 0 Å². The highest BCUT2D eigenvalue weighted by molar-refractivity contribution is 4.64. The molecule has 2 unspecified atom stereocenters. The molecule has 1 fully saturated rings. The molecule has 2 nitrogen and oxygen atoms in total. The summed E-state index contributed by atoms with van der Waals surface area (Å²) in [5.74, 6) is 0.936. The van der Waals surface area contributed by atoms with Crippen molar-refractivity contribution in [3.8, 4) is 0 Å². The van der Waals surface area contributed by atoms with Crippen LogP contribution in [0.1, 0.15) is 26.7 Å². The number of likely N-dealkylation sites (tertiary alicyclic amines) is 1. The van der Waals surface area contributed by atoms with Crippen LogP contribution in [0.15, 0.2) is 0 Å². The number of quaternary nitrogens is 1. The molecule has 0 aliphatic carbocycles. The van der Waals surface area contributed by atoms with Crippen LogP contribution >= 0.6 is 0 Å². The second-order valence-electron chi connectivity index (χ2n) is 4.49. The fourth-order valence-corrected chi connectivity index (χ4v) is 1.95. The third-order valence-corrected chi connectivity index (χ3v) is 3.05. The summed E-state index contributed by atoms with van der Waals surface area (Å²) in [6.45, 7) is 6.10. The summed E-state index contributed by atoms with van der Waals surface area (Å²) in [5, 5.41) is 0. The molecule has 0 aromatic heterocycles. The highest BCUT2D eigenvalue weighted by Gasteiger charge is 2.30. The standard InChI is InChI=1S/C9H20N.H2O/c1-8-5-6-9(2)10(3,4)7-8;/h8-9H,5-7H2,1-4H3;1H2/q+1;/p-1. The quantitative estimate of drug-likeness (QED) is 0.495. The molecule has 0 spiro atoms. The Morgan fingerprint density at radius 2 is 1.64 bits per heavy atom. The van der Waals surface area contributed by atoms with E-state index in [-0.39, 0.29) is 5.48 Å². The van der Waals surface area contributed by atoms with Gasteiger partial charge in [-0.2, -0.15) is 0 Å². The first-order valence-electron chi connectivity index (χ1n) is 4.35. The second kappa shape index (κ2) is 3.55. The van der Waals surface area contributed by atoms with Crippen molar-refractivity contribution in [1.82, 2.24) is 0 Å². The van der Waals surface area contributed by atoms with Gasteiger partial charge in [0, 0.05) is 5.92 Å². The van der Waals surface area contributed by atoms with Gasteiger partial charge in [0.2, 0.25) is 0 Å². The number of hydrogen-bond donors (Lipinski definition) is 0. The maximum Gasteiger partial charge on any atom is 0.0857 e. The Labute approximate surface area is 70.1 Å². The molecule has 1 N–H and O–H groups in total. The van der Waals surface area contributed by atoms with Crippen LogP contribution in [0.2, 0.25) is 0 Å². The van der Waals surface area contributed by atoms with E-state index in [9.17, 15) is 0 Å². The van der Waals surface area contributed by atoms with E-state index in [0.29, 0.717) is 0 Å². The van der Waals surface area contributed by atoms with E-state index in [0.717, 1.165) is 12.0 Å². The highest BCUT2D eigenvalue weighted by atomic mass is 16.0. The van der Waals surface area contributed by atoms with Crippen molar-refractivity contribution in [2.45, 2.75) is 32.7 Å². The summed E-state index contributed by atoms with van der Waals surface area (Å²) in [4.78, 5) is 0. The van der Waals surface area contributed by atoms with Gasteiger partial charge < -0.3 is 9.96 Å². The van der Waals surface area contributed by atoms with Crippen molar-refractivity contribution in [2.24, 2.45) is 5.92 Å². The molecule has 0 aromatic rings. The van der Waals surface area contributed by atoms with Crippen molar-refractivity contribution >= 4 is 0 Å². The SMILES string of the molecule is CC1CCC(C)[N+](C)(C)C1.[OH-]. The molecule has 0 bridgehead atoms. The molecule has 1 aliphatic heterocycles. The van der Waals surface area contributed by atoms with E-state index in [1.807, 2.05) is 0 Å². The van der Waals surface area contributed by atoms with Crippen molar-refractivity contribution in [3.63, 3.8) is 0 Å². The molecule has 2 atom stereocenters. The van der Waals surface area contributed by atoms with Gasteiger partial charge >= 0.3 is 0 Å². The van der Waals surface area contributed by atoms with E-state index in [1.54, 1.807) is 0 Å². The largest absolute Gasteiger partial charge is 0.870 e. The molecule has 11 heavy (non-hydrogen) atoms. The van der Waals surface area contributed by atoms with Crippen LogP contribution in [0.5, 0.6) is 0 Å². The lowest BCUT2D eigenvalue weighted by Crippen LogP contribution is -2.52. The van der Waals surface area contributed by atoms with Gasteiger partial charge in [0.25, 0.3) is 0 Å². The average molecular weight is 159 g/mol. The van der Waals surface area contributed by atoms with Gasteiger partial charge in [0.05, 0.1) is 26.7 Å². The lowest BCUT2D eigenvalue weighted by atomic mass is 9.94. The molecule has 0 radical (unpaired) electrons. The van der Waals surface area contributed by atoms with E-state index in [2.05, 4.69) is 27.9 Å². The van der Waals surface area contributed by atoms with Crippen molar-refractivity contribution in [3.05, 3.63) is 0 Å². The monoisotopic (exact) mass is 159 g/mol. The lowest BCUT2D eigenvalue weighted by molar-refractivity contribution is -0.921. The Kier molecular flexibility index (Phi) is 3.52. The number of hydrogen-bond acceptors (Lipinski definition) is 1. The Bertz CT molecular complexity index is 123. The minimum Gasteiger partial charge on any atom is -0.870 e. The summed E-state index contributed by atoms with van der Waals surface area (Å²) in [5.41, 5.74) is 0. The fraction of sp³-hybridized carbons (Fsp3) is 1.00. The highest BCUT2D eigenvalue weighted by Crippen LogP contribution is 2.24. The minimum absolute atomic E-state index is 0. The molecule has 68 valence electrons. The number of piperidine rings is 1. The minimum atomic E-state index is 0. The predicted octanol–water partition coefficient (Wildman–Crippen LogP) is 1.70. The fourth-order valence-electron chi connectivity index (χ4n) is 1.95. The maximum atomic E-state index is 2.37. The third kappa shape index (κ3) is 2.46. The zero-order valence-corrected chi connectivity index (χ0v) is 8.17. The number of nitrogens with zero attached hydrogens (tertiary/aromatic N) is 1. The predicted molar refractivity (Wildman–Crippen MR) is 46.8 cm³/mol. The van der Waals surface area contributed by atoms with Crippen LogP contribution in [0, 0.1) is 5.92 Å². The van der Waals surface area contributed by atoms with Gasteiger partial charge in [-0.15, -0.1) is 0 Å². The summed E-state index contributed by atoms with van der Waals surface area (Å²) in [6, 6.07) is 0.871. The first-order chi connectivity index (χ1) is 4.52. The smallest absolute Gasteiger partial charge is 0.0857 e. The molecule has 0 saturated carbocycles. The van der Waals surface area contributed by atoms with Crippen LogP contribution in [0.4, 0.5) is 0 Å². The molecule has 0 amide bonds. The second-order valence-corrected chi connectivity index (χ2v) is 4.49. The Morgan fingerprint density at radius 1 is 1.09 bits per heavy atom. The van der Waals surface area contributed by atoms with E-state index >= 15 is 0 Å². The van der Waals surface area contributed by atoms with Crippen LogP contribution in [0.3, 0.4) is 0 Å². The van der Waals surface area contributed by atoms with Crippen molar-refractivity contribution < 1.29 is 9.96 Å². The average Bonchev–Trinajstić information content (AvgIpc) is 1.78. The van der Waals surface area contributed by atoms with Gasteiger partial charge in [0.1, 0.15) is 0 Å². The summed E-state index contributed by atoms with van der Waals surface area (Å²) in [7, 11) is 4.70. The Hall–Kier alpha value is -0.0800. The van der Waals surface area contributed by atoms with Gasteiger partial charge in [-0.05, 0) is 19.8 Å². The topological polar surface area (TPSA) is 30.0 Å². The zero-order chi connectivity index (χ0) is 7.78. The van der Waals surface area contributed by atoms with Gasteiger partial charge in [-0.1, -0.05) is 6.92 Å². The molecular formula is C9H21NO. The lowest BCUT2D eigenvalue weighted by Gasteiger charge is -2.42. The molecule has 0 aromatic carbocycles. The Morgan fingerprint density at radius 3 is 2.00 bits per heavy atom. The molecule has 1 saturated heterocycles. The van der Waals surface area contributed by atoms with Crippen LogP contribution in [-0.4, -0.2) is 36.6 Å². The zero-order valence-electron chi connectivity index (χ0n) is 8.17. The number of rotatable bonds is 0. The van der Waals surface area contributed by atoms with E-state index < -0.39 is 0 Å². The van der Waals surface area contributed by atoms with Crippen molar-refractivity contribution in [1.29, 1.82) is 0 Å². The maximum absolute atomic E-state index is 2.37. The van der Waals surface area contributed by atoms with Gasteiger partial charge in [0.15, 0.2) is 0 Å². The molecule has 2 heteroatoms. The molecule has 1 heterocycles. The third-order valence-electron chi connectivity index (χ3n) is 3.05. The van der Waals surface area contributed by atoms with Crippen LogP contribution in [0.25, 0.3) is 0 Å². The van der Waals surface area contributed by atoms with Gasteiger partial charge in [-0.25, -0.2) is 0 Å². The van der Waals surface area contributed by atoms with E-state index in [1.165, 1.54) is 23.9 Å². The van der Waals surface area contributed by atoms with Crippen molar-refractivity contribution in [2.75, 3.05) is 20.6 Å².